The maximum atomic E-state index is 11.5. The fraction of sp³-hybridized carbons (Fsp3) is 0.750. The minimum Gasteiger partial charge on any atom is -0.402 e. The highest BCUT2D eigenvalue weighted by Gasteiger charge is 2.24. The van der Waals surface area contributed by atoms with Gasteiger partial charge in [-0.2, -0.15) is 0 Å². The molecule has 120 valence electrons. The molecule has 0 aliphatic carbocycles. The van der Waals surface area contributed by atoms with Gasteiger partial charge in [-0.25, -0.2) is 0 Å². The van der Waals surface area contributed by atoms with Gasteiger partial charge in [0.1, 0.15) is 0 Å². The lowest BCUT2D eigenvalue weighted by atomic mass is 9.98. The highest BCUT2D eigenvalue weighted by molar-refractivity contribution is 6.02. The second-order valence-corrected chi connectivity index (χ2v) is 5.41. The molecule has 0 spiro atoms. The van der Waals surface area contributed by atoms with Crippen LogP contribution in [0, 0.1) is 0 Å². The molecule has 2 aliphatic rings. The predicted molar refractivity (Wildman–Crippen MR) is 88.4 cm³/mol. The lowest BCUT2D eigenvalue weighted by Gasteiger charge is -2.31. The van der Waals surface area contributed by atoms with Crippen molar-refractivity contribution < 1.29 is 4.79 Å². The Morgan fingerprint density at radius 2 is 1.90 bits per heavy atom. The standard InChI is InChI=1S/C14H24N4O.C2H6/c1-10(15)13-9-18(11(2)19)8-5-14(13)17-12-3-6-16-7-4-12;1-2/h12,16H,3-9,15H2,1-2H3;1-2H3/b13-10-,17-14?;. The maximum absolute atomic E-state index is 11.5. The molecule has 5 heteroatoms. The topological polar surface area (TPSA) is 70.7 Å². The van der Waals surface area contributed by atoms with Crippen molar-refractivity contribution >= 4 is 11.6 Å². The molecule has 2 fully saturated rings. The van der Waals surface area contributed by atoms with Crippen LogP contribution in [0.25, 0.3) is 0 Å². The number of allylic oxidation sites excluding steroid dienone is 1. The molecule has 0 atom stereocenters. The summed E-state index contributed by atoms with van der Waals surface area (Å²) in [6.45, 7) is 11.0. The van der Waals surface area contributed by atoms with Crippen LogP contribution in [0.3, 0.4) is 0 Å². The van der Waals surface area contributed by atoms with Crippen molar-refractivity contribution in [2.45, 2.75) is 53.0 Å². The van der Waals surface area contributed by atoms with Gasteiger partial charge in [0.15, 0.2) is 0 Å². The summed E-state index contributed by atoms with van der Waals surface area (Å²) in [7, 11) is 0. The van der Waals surface area contributed by atoms with Crippen LogP contribution in [0.2, 0.25) is 0 Å². The van der Waals surface area contributed by atoms with Crippen molar-refractivity contribution in [2.75, 3.05) is 26.2 Å². The van der Waals surface area contributed by atoms with E-state index in [0.29, 0.717) is 12.6 Å². The molecule has 5 nitrogen and oxygen atoms in total. The Balaban J connectivity index is 0.00000106. The third-order valence-corrected chi connectivity index (χ3v) is 3.88. The van der Waals surface area contributed by atoms with Crippen LogP contribution in [0.4, 0.5) is 0 Å². The number of rotatable bonds is 1. The van der Waals surface area contributed by atoms with Gasteiger partial charge < -0.3 is 16.0 Å². The molecule has 2 heterocycles. The fourth-order valence-electron chi connectivity index (χ4n) is 2.67. The number of carbonyl (C=O) groups is 1. The van der Waals surface area contributed by atoms with Crippen LogP contribution in [0.1, 0.15) is 47.0 Å². The number of amides is 1. The van der Waals surface area contributed by atoms with E-state index in [-0.39, 0.29) is 5.91 Å². The van der Waals surface area contributed by atoms with Crippen molar-refractivity contribution in [2.24, 2.45) is 10.7 Å². The van der Waals surface area contributed by atoms with Crippen molar-refractivity contribution in [3.8, 4) is 0 Å². The summed E-state index contributed by atoms with van der Waals surface area (Å²) in [5.74, 6) is 0.111. The van der Waals surface area contributed by atoms with E-state index >= 15 is 0 Å². The van der Waals surface area contributed by atoms with E-state index in [1.54, 1.807) is 6.92 Å². The highest BCUT2D eigenvalue weighted by Crippen LogP contribution is 2.18. The Labute approximate surface area is 128 Å². The quantitative estimate of drug-likeness (QED) is 0.773. The van der Waals surface area contributed by atoms with Gasteiger partial charge in [0.05, 0.1) is 6.04 Å². The third-order valence-electron chi connectivity index (χ3n) is 3.88. The van der Waals surface area contributed by atoms with Gasteiger partial charge in [0.2, 0.25) is 5.91 Å². The number of nitrogens with zero attached hydrogens (tertiary/aromatic N) is 2. The molecule has 0 unspecified atom stereocenters. The van der Waals surface area contributed by atoms with Gasteiger partial charge in [0, 0.05) is 43.4 Å². The lowest BCUT2D eigenvalue weighted by molar-refractivity contribution is -0.128. The van der Waals surface area contributed by atoms with Crippen LogP contribution in [-0.4, -0.2) is 48.7 Å². The summed E-state index contributed by atoms with van der Waals surface area (Å²) in [5.41, 5.74) is 8.93. The number of likely N-dealkylation sites (tertiary alicyclic amines) is 1. The van der Waals surface area contributed by atoms with Gasteiger partial charge in [-0.3, -0.25) is 9.79 Å². The number of nitrogens with one attached hydrogen (secondary N) is 1. The van der Waals surface area contributed by atoms with E-state index in [4.69, 9.17) is 10.7 Å². The molecule has 2 rings (SSSR count). The molecule has 21 heavy (non-hydrogen) atoms. The molecule has 2 saturated heterocycles. The summed E-state index contributed by atoms with van der Waals surface area (Å²) < 4.78 is 0. The first kappa shape index (κ1) is 17.7. The first-order chi connectivity index (χ1) is 10.1. The first-order valence-corrected chi connectivity index (χ1v) is 8.06. The molecular weight excluding hydrogens is 264 g/mol. The molecule has 0 aromatic heterocycles. The number of aliphatic imine (C=N–C) groups is 1. The van der Waals surface area contributed by atoms with Gasteiger partial charge >= 0.3 is 0 Å². The van der Waals surface area contributed by atoms with E-state index < -0.39 is 0 Å². The summed E-state index contributed by atoms with van der Waals surface area (Å²) in [6, 6.07) is 0.412. The Bertz CT molecular complexity index is 405. The minimum absolute atomic E-state index is 0.111. The molecule has 2 aliphatic heterocycles. The second kappa shape index (κ2) is 8.82. The fourth-order valence-corrected chi connectivity index (χ4v) is 2.67. The molecule has 0 bridgehead atoms. The Hall–Kier alpha value is -1.36. The summed E-state index contributed by atoms with van der Waals surface area (Å²) in [6.07, 6.45) is 3.01. The van der Waals surface area contributed by atoms with Crippen molar-refractivity contribution in [1.29, 1.82) is 0 Å². The first-order valence-electron chi connectivity index (χ1n) is 8.06. The molecule has 0 saturated carbocycles. The highest BCUT2D eigenvalue weighted by atomic mass is 16.2. The van der Waals surface area contributed by atoms with E-state index in [0.717, 1.165) is 55.9 Å². The zero-order chi connectivity index (χ0) is 15.8. The van der Waals surface area contributed by atoms with E-state index in [9.17, 15) is 4.79 Å². The molecule has 0 aromatic carbocycles. The summed E-state index contributed by atoms with van der Waals surface area (Å²) >= 11 is 0. The molecule has 3 N–H and O–H groups in total. The van der Waals surface area contributed by atoms with Crippen LogP contribution < -0.4 is 11.1 Å². The maximum Gasteiger partial charge on any atom is 0.219 e. The van der Waals surface area contributed by atoms with E-state index in [1.165, 1.54) is 0 Å². The number of carbonyl (C=O) groups excluding carboxylic acids is 1. The smallest absolute Gasteiger partial charge is 0.219 e. The molecular formula is C16H30N4O. The van der Waals surface area contributed by atoms with Crippen LogP contribution in [0.15, 0.2) is 16.3 Å². The lowest BCUT2D eigenvalue weighted by Crippen LogP contribution is -2.40. The number of hydrogen-bond donors (Lipinski definition) is 2. The van der Waals surface area contributed by atoms with Crippen LogP contribution >= 0.6 is 0 Å². The molecule has 1 amide bonds. The van der Waals surface area contributed by atoms with Crippen LogP contribution in [-0.2, 0) is 4.79 Å². The normalized spacial score (nSPS) is 24.4. The second-order valence-electron chi connectivity index (χ2n) is 5.41. The van der Waals surface area contributed by atoms with Gasteiger partial charge in [-0.15, -0.1) is 0 Å². The minimum atomic E-state index is 0.111. The zero-order valence-electron chi connectivity index (χ0n) is 13.9. The molecule has 0 aromatic rings. The number of nitrogens with two attached hydrogens (primary N) is 1. The molecule has 0 radical (unpaired) electrons. The third kappa shape index (κ3) is 5.16. The predicted octanol–water partition coefficient (Wildman–Crippen LogP) is 1.69. The zero-order valence-corrected chi connectivity index (χ0v) is 13.9. The van der Waals surface area contributed by atoms with E-state index in [2.05, 4.69) is 5.32 Å². The van der Waals surface area contributed by atoms with Gasteiger partial charge in [-0.1, -0.05) is 13.8 Å². The SMILES string of the molecule is CC.CC(=O)N1CCC(=NC2CCNCC2)/C(=C(/C)N)C1. The van der Waals surface area contributed by atoms with Crippen molar-refractivity contribution in [1.82, 2.24) is 10.2 Å². The monoisotopic (exact) mass is 294 g/mol. The Kier molecular flexibility index (Phi) is 7.43. The number of hydrogen-bond acceptors (Lipinski definition) is 4. The van der Waals surface area contributed by atoms with Crippen molar-refractivity contribution in [3.63, 3.8) is 0 Å². The van der Waals surface area contributed by atoms with Crippen molar-refractivity contribution in [3.05, 3.63) is 11.3 Å². The summed E-state index contributed by atoms with van der Waals surface area (Å²) in [4.78, 5) is 18.2. The van der Waals surface area contributed by atoms with Gasteiger partial charge in [0.25, 0.3) is 0 Å². The average molecular weight is 294 g/mol. The summed E-state index contributed by atoms with van der Waals surface area (Å²) in [5, 5.41) is 3.35. The van der Waals surface area contributed by atoms with Crippen LogP contribution in [0.5, 0.6) is 0 Å². The van der Waals surface area contributed by atoms with Gasteiger partial charge in [-0.05, 0) is 32.9 Å². The van der Waals surface area contributed by atoms with E-state index in [1.807, 2.05) is 25.7 Å². The Morgan fingerprint density at radius 1 is 1.29 bits per heavy atom. The average Bonchev–Trinajstić information content (AvgIpc) is 2.50. The number of piperidine rings is 2. The Morgan fingerprint density at radius 3 is 2.43 bits per heavy atom. The largest absolute Gasteiger partial charge is 0.402 e.